The Morgan fingerprint density at radius 3 is 2.41 bits per heavy atom. The van der Waals surface area contributed by atoms with Crippen LogP contribution in [-0.2, 0) is 6.18 Å². The number of alkyl halides is 3. The number of hydrogen-bond acceptors (Lipinski definition) is 5. The number of nitrogens with zero attached hydrogens (tertiary/aromatic N) is 3. The first-order chi connectivity index (χ1) is 10.4. The van der Waals surface area contributed by atoms with Gasteiger partial charge in [-0.3, -0.25) is 0 Å². The molecule has 112 valence electrons. The second kappa shape index (κ2) is 5.14. The molecule has 0 saturated heterocycles. The molecule has 0 radical (unpaired) electrons. The van der Waals surface area contributed by atoms with E-state index in [1.807, 2.05) is 0 Å². The molecular weight excluding hydrogens is 297 g/mol. The van der Waals surface area contributed by atoms with Crippen molar-refractivity contribution in [3.8, 4) is 22.8 Å². The predicted octanol–water partition coefficient (Wildman–Crippen LogP) is 3.40. The number of aromatic nitrogens is 3. The summed E-state index contributed by atoms with van der Waals surface area (Å²) in [4.78, 5) is 8.03. The highest BCUT2D eigenvalue weighted by molar-refractivity contribution is 5.68. The van der Waals surface area contributed by atoms with E-state index < -0.39 is 11.7 Å². The lowest BCUT2D eigenvalue weighted by atomic mass is 10.1. The molecule has 0 unspecified atom stereocenters. The molecule has 0 amide bonds. The minimum Gasteiger partial charge on any atom is -0.383 e. The molecule has 0 spiro atoms. The second-order valence-corrected chi connectivity index (χ2v) is 4.43. The van der Waals surface area contributed by atoms with Crippen LogP contribution in [0.1, 0.15) is 5.56 Å². The van der Waals surface area contributed by atoms with Crippen LogP contribution in [0.4, 0.5) is 19.0 Å². The van der Waals surface area contributed by atoms with E-state index in [2.05, 4.69) is 15.1 Å². The van der Waals surface area contributed by atoms with Crippen molar-refractivity contribution in [2.24, 2.45) is 0 Å². The Labute approximate surface area is 122 Å². The summed E-state index contributed by atoms with van der Waals surface area (Å²) in [7, 11) is 0. The van der Waals surface area contributed by atoms with Crippen LogP contribution in [0.15, 0.2) is 47.1 Å². The maximum absolute atomic E-state index is 12.5. The molecule has 8 heteroatoms. The van der Waals surface area contributed by atoms with Crippen molar-refractivity contribution in [1.82, 2.24) is 15.1 Å². The second-order valence-electron chi connectivity index (χ2n) is 4.43. The third kappa shape index (κ3) is 2.62. The average molecular weight is 306 g/mol. The molecule has 22 heavy (non-hydrogen) atoms. The van der Waals surface area contributed by atoms with Crippen molar-refractivity contribution in [3.63, 3.8) is 0 Å². The van der Waals surface area contributed by atoms with Crippen molar-refractivity contribution in [3.05, 3.63) is 48.2 Å². The normalized spacial score (nSPS) is 11.6. The van der Waals surface area contributed by atoms with Gasteiger partial charge in [0.25, 0.3) is 5.89 Å². The maximum atomic E-state index is 12.5. The first-order valence-corrected chi connectivity index (χ1v) is 6.17. The van der Waals surface area contributed by atoms with E-state index in [1.54, 1.807) is 12.1 Å². The van der Waals surface area contributed by atoms with E-state index in [-0.39, 0.29) is 17.5 Å². The molecule has 0 aliphatic rings. The van der Waals surface area contributed by atoms with Crippen LogP contribution in [0.25, 0.3) is 22.8 Å². The van der Waals surface area contributed by atoms with Gasteiger partial charge in [-0.05, 0) is 24.3 Å². The fourth-order valence-corrected chi connectivity index (χ4v) is 1.86. The quantitative estimate of drug-likeness (QED) is 0.785. The molecule has 0 fully saturated rings. The minimum absolute atomic E-state index is 0.153. The van der Waals surface area contributed by atoms with Crippen LogP contribution in [0.5, 0.6) is 0 Å². The summed E-state index contributed by atoms with van der Waals surface area (Å²) in [5.74, 6) is 0.553. The van der Waals surface area contributed by atoms with Gasteiger partial charge in [0.2, 0.25) is 5.82 Å². The molecule has 0 bridgehead atoms. The topological polar surface area (TPSA) is 77.8 Å². The molecule has 0 aliphatic heterocycles. The summed E-state index contributed by atoms with van der Waals surface area (Å²) in [5.41, 5.74) is 5.84. The Balaban J connectivity index is 1.93. The number of halogens is 3. The number of anilines is 1. The number of hydrogen-bond donors (Lipinski definition) is 1. The van der Waals surface area contributed by atoms with Crippen LogP contribution in [0.3, 0.4) is 0 Å². The van der Waals surface area contributed by atoms with Crippen LogP contribution >= 0.6 is 0 Å². The van der Waals surface area contributed by atoms with Crippen molar-refractivity contribution < 1.29 is 17.7 Å². The van der Waals surface area contributed by atoms with Gasteiger partial charge in [0.05, 0.1) is 11.1 Å². The van der Waals surface area contributed by atoms with Gasteiger partial charge in [-0.25, -0.2) is 4.98 Å². The Kier molecular flexibility index (Phi) is 3.28. The maximum Gasteiger partial charge on any atom is 0.416 e. The lowest BCUT2D eigenvalue weighted by Crippen LogP contribution is -2.04. The van der Waals surface area contributed by atoms with E-state index in [0.29, 0.717) is 11.1 Å². The summed E-state index contributed by atoms with van der Waals surface area (Å²) in [5, 5.41) is 3.75. The summed E-state index contributed by atoms with van der Waals surface area (Å²) in [6.45, 7) is 0. The SMILES string of the molecule is Nc1ncccc1-c1nc(-c2ccc(C(F)(F)F)cc2)no1. The van der Waals surface area contributed by atoms with Gasteiger partial charge in [-0.2, -0.15) is 18.2 Å². The number of rotatable bonds is 2. The van der Waals surface area contributed by atoms with E-state index in [0.717, 1.165) is 12.1 Å². The molecule has 0 aliphatic carbocycles. The van der Waals surface area contributed by atoms with Crippen LogP contribution in [0, 0.1) is 0 Å². The lowest BCUT2D eigenvalue weighted by molar-refractivity contribution is -0.137. The molecule has 2 aromatic heterocycles. The van der Waals surface area contributed by atoms with Crippen molar-refractivity contribution in [2.75, 3.05) is 5.73 Å². The Bertz CT molecular complexity index is 796. The third-order valence-electron chi connectivity index (χ3n) is 2.97. The monoisotopic (exact) mass is 306 g/mol. The van der Waals surface area contributed by atoms with Crippen molar-refractivity contribution in [1.29, 1.82) is 0 Å². The number of nitrogens with two attached hydrogens (primary N) is 1. The smallest absolute Gasteiger partial charge is 0.383 e. The molecule has 3 aromatic rings. The Morgan fingerprint density at radius 2 is 1.77 bits per heavy atom. The van der Waals surface area contributed by atoms with Crippen LogP contribution in [0.2, 0.25) is 0 Å². The van der Waals surface area contributed by atoms with Gasteiger partial charge in [-0.15, -0.1) is 0 Å². The summed E-state index contributed by atoms with van der Waals surface area (Å²) < 4.78 is 42.6. The Morgan fingerprint density at radius 1 is 1.05 bits per heavy atom. The molecule has 5 nitrogen and oxygen atoms in total. The fraction of sp³-hybridized carbons (Fsp3) is 0.0714. The number of nitrogen functional groups attached to an aromatic ring is 1. The summed E-state index contributed by atoms with van der Waals surface area (Å²) in [6.07, 6.45) is -2.86. The zero-order chi connectivity index (χ0) is 15.7. The lowest BCUT2D eigenvalue weighted by Gasteiger charge is -2.05. The third-order valence-corrected chi connectivity index (χ3v) is 2.97. The number of pyridine rings is 1. The first kappa shape index (κ1) is 14.1. The zero-order valence-electron chi connectivity index (χ0n) is 11.0. The molecule has 1 aromatic carbocycles. The molecule has 2 heterocycles. The molecule has 3 rings (SSSR count). The summed E-state index contributed by atoms with van der Waals surface area (Å²) >= 11 is 0. The highest BCUT2D eigenvalue weighted by atomic mass is 19.4. The van der Waals surface area contributed by atoms with Gasteiger partial charge >= 0.3 is 6.18 Å². The van der Waals surface area contributed by atoms with Gasteiger partial charge in [0.15, 0.2) is 0 Å². The zero-order valence-corrected chi connectivity index (χ0v) is 11.0. The van der Waals surface area contributed by atoms with Gasteiger partial charge in [0, 0.05) is 11.8 Å². The van der Waals surface area contributed by atoms with E-state index >= 15 is 0 Å². The van der Waals surface area contributed by atoms with E-state index in [1.165, 1.54) is 18.3 Å². The predicted molar refractivity (Wildman–Crippen MR) is 72.4 cm³/mol. The molecule has 2 N–H and O–H groups in total. The van der Waals surface area contributed by atoms with Gasteiger partial charge < -0.3 is 10.3 Å². The summed E-state index contributed by atoms with van der Waals surface area (Å²) in [6, 6.07) is 7.81. The standard InChI is InChI=1S/C14H9F3N4O/c15-14(16,17)9-5-3-8(4-6-9)12-20-13(22-21-12)10-2-1-7-19-11(10)18/h1-7H,(H2,18,19). The Hall–Kier alpha value is -2.90. The fourth-order valence-electron chi connectivity index (χ4n) is 1.86. The van der Waals surface area contributed by atoms with Crippen molar-refractivity contribution >= 4 is 5.82 Å². The molecule has 0 saturated carbocycles. The first-order valence-electron chi connectivity index (χ1n) is 6.17. The van der Waals surface area contributed by atoms with E-state index in [9.17, 15) is 13.2 Å². The van der Waals surface area contributed by atoms with Crippen molar-refractivity contribution in [2.45, 2.75) is 6.18 Å². The van der Waals surface area contributed by atoms with Gasteiger partial charge in [0.1, 0.15) is 5.82 Å². The van der Waals surface area contributed by atoms with Crippen LogP contribution in [-0.4, -0.2) is 15.1 Å². The molecule has 0 atom stereocenters. The minimum atomic E-state index is -4.38. The van der Waals surface area contributed by atoms with E-state index in [4.69, 9.17) is 10.3 Å². The highest BCUT2D eigenvalue weighted by Gasteiger charge is 2.30. The number of benzene rings is 1. The highest BCUT2D eigenvalue weighted by Crippen LogP contribution is 2.31. The largest absolute Gasteiger partial charge is 0.416 e. The van der Waals surface area contributed by atoms with Crippen LogP contribution < -0.4 is 5.73 Å². The average Bonchev–Trinajstić information content (AvgIpc) is 2.96. The molecular formula is C14H9F3N4O. The van der Waals surface area contributed by atoms with Gasteiger partial charge in [-0.1, -0.05) is 17.3 Å².